The van der Waals surface area contributed by atoms with E-state index in [0.29, 0.717) is 0 Å². The molecule has 0 spiro atoms. The predicted octanol–water partition coefficient (Wildman–Crippen LogP) is 3.64. The Balaban J connectivity index is 2.47. The summed E-state index contributed by atoms with van der Waals surface area (Å²) in [6.07, 6.45) is 6.61. The first-order valence-corrected chi connectivity index (χ1v) is 8.05. The van der Waals surface area contributed by atoms with Crippen molar-refractivity contribution in [1.29, 1.82) is 0 Å². The van der Waals surface area contributed by atoms with Gasteiger partial charge in [-0.05, 0) is 43.0 Å². The molecule has 1 N–H and O–H groups in total. The Kier molecular flexibility index (Phi) is 3.73. The second kappa shape index (κ2) is 4.94. The molecule has 4 heteroatoms. The molecule has 0 radical (unpaired) electrons. The quantitative estimate of drug-likeness (QED) is 0.846. The van der Waals surface area contributed by atoms with Crippen LogP contribution in [0.15, 0.2) is 28.0 Å². The Morgan fingerprint density at radius 1 is 1.29 bits per heavy atom. The van der Waals surface area contributed by atoms with Gasteiger partial charge in [0.05, 0.1) is 5.41 Å². The number of carbonyl (C=O) groups is 1. The summed E-state index contributed by atoms with van der Waals surface area (Å²) in [6.45, 7) is 0. The topological polar surface area (TPSA) is 37.3 Å². The third-order valence-electron chi connectivity index (χ3n) is 3.54. The zero-order valence-corrected chi connectivity index (χ0v) is 11.7. The van der Waals surface area contributed by atoms with Crippen LogP contribution in [0, 0.1) is 0 Å². The van der Waals surface area contributed by atoms with Gasteiger partial charge in [0.25, 0.3) is 0 Å². The van der Waals surface area contributed by atoms with Crippen molar-refractivity contribution in [2.75, 3.05) is 12.5 Å². The van der Waals surface area contributed by atoms with Crippen LogP contribution in [0.25, 0.3) is 0 Å². The van der Waals surface area contributed by atoms with Crippen LogP contribution in [-0.4, -0.2) is 23.6 Å². The summed E-state index contributed by atoms with van der Waals surface area (Å²) in [5.74, 6) is -0.670. The summed E-state index contributed by atoms with van der Waals surface area (Å²) in [7, 11) is 0. The minimum Gasteiger partial charge on any atom is -0.481 e. The molecule has 0 saturated heterocycles. The van der Waals surface area contributed by atoms with Crippen LogP contribution in [0.3, 0.4) is 0 Å². The van der Waals surface area contributed by atoms with Crippen LogP contribution in [0.2, 0.25) is 0 Å². The normalized spacial score (nSPS) is 17.5. The summed E-state index contributed by atoms with van der Waals surface area (Å²) in [5, 5.41) is 9.47. The highest BCUT2D eigenvalue weighted by atomic mass is 32.2. The van der Waals surface area contributed by atoms with Crippen molar-refractivity contribution in [2.24, 2.45) is 0 Å². The monoisotopic (exact) mass is 268 g/mol. The summed E-state index contributed by atoms with van der Waals surface area (Å²) in [5.41, 5.74) is 0.386. The molecule has 0 atom stereocenters. The van der Waals surface area contributed by atoms with Crippen LogP contribution in [0.4, 0.5) is 0 Å². The third-order valence-corrected chi connectivity index (χ3v) is 5.04. The first-order chi connectivity index (χ1) is 8.14. The van der Waals surface area contributed by atoms with E-state index in [1.807, 2.05) is 24.6 Å². The second-order valence-corrected chi connectivity index (χ2v) is 6.03. The molecule has 0 aromatic heterocycles. The molecule has 2 nitrogen and oxygen atoms in total. The molecular weight excluding hydrogens is 252 g/mol. The van der Waals surface area contributed by atoms with Gasteiger partial charge in [0.2, 0.25) is 0 Å². The number of carboxylic acid groups (broad SMARTS) is 1. The molecule has 1 saturated carbocycles. The Hall–Kier alpha value is -0.610. The van der Waals surface area contributed by atoms with Gasteiger partial charge in [-0.25, -0.2) is 0 Å². The van der Waals surface area contributed by atoms with Crippen molar-refractivity contribution in [3.63, 3.8) is 0 Å². The molecule has 0 aliphatic heterocycles. The summed E-state index contributed by atoms with van der Waals surface area (Å²) in [4.78, 5) is 13.8. The number of thioether (sulfide) groups is 2. The maximum atomic E-state index is 11.5. The Morgan fingerprint density at radius 3 is 2.41 bits per heavy atom. The first-order valence-electron chi connectivity index (χ1n) is 5.60. The predicted molar refractivity (Wildman–Crippen MR) is 73.2 cm³/mol. The lowest BCUT2D eigenvalue weighted by Crippen LogP contribution is -2.42. The van der Waals surface area contributed by atoms with E-state index >= 15 is 0 Å². The van der Waals surface area contributed by atoms with E-state index in [9.17, 15) is 9.90 Å². The molecule has 0 heterocycles. The van der Waals surface area contributed by atoms with Crippen LogP contribution in [-0.2, 0) is 10.2 Å². The van der Waals surface area contributed by atoms with Gasteiger partial charge >= 0.3 is 5.97 Å². The largest absolute Gasteiger partial charge is 0.481 e. The van der Waals surface area contributed by atoms with Gasteiger partial charge in [0.15, 0.2) is 0 Å². The van der Waals surface area contributed by atoms with Crippen molar-refractivity contribution in [2.45, 2.75) is 34.5 Å². The molecule has 1 fully saturated rings. The molecule has 0 bridgehead atoms. The number of aliphatic carboxylic acids is 1. The Morgan fingerprint density at radius 2 is 2.00 bits per heavy atom. The van der Waals surface area contributed by atoms with E-state index in [1.165, 1.54) is 4.90 Å². The van der Waals surface area contributed by atoms with Crippen molar-refractivity contribution in [3.8, 4) is 0 Å². The fourth-order valence-electron chi connectivity index (χ4n) is 2.32. The van der Waals surface area contributed by atoms with Gasteiger partial charge in [0.1, 0.15) is 0 Å². The minimum atomic E-state index is -0.670. The van der Waals surface area contributed by atoms with Gasteiger partial charge in [-0.15, -0.1) is 23.5 Å². The number of benzene rings is 1. The third kappa shape index (κ3) is 2.08. The first kappa shape index (κ1) is 12.8. The standard InChI is InChI=1S/C13H16O2S2/c1-16-9-4-5-10(11(8-9)17-2)13(12(14)15)6-3-7-13/h4-5,8H,3,6-7H2,1-2H3,(H,14,15). The maximum absolute atomic E-state index is 11.5. The van der Waals surface area contributed by atoms with Crippen LogP contribution >= 0.6 is 23.5 Å². The molecule has 92 valence electrons. The SMILES string of the molecule is CSc1ccc(C2(C(=O)O)CCC2)c(SC)c1. The lowest BCUT2D eigenvalue weighted by Gasteiger charge is -2.39. The fraction of sp³-hybridized carbons (Fsp3) is 0.462. The molecule has 0 unspecified atom stereocenters. The van der Waals surface area contributed by atoms with Crippen LogP contribution in [0.1, 0.15) is 24.8 Å². The summed E-state index contributed by atoms with van der Waals surface area (Å²) >= 11 is 3.33. The molecule has 1 aromatic carbocycles. The number of hydrogen-bond donors (Lipinski definition) is 1. The van der Waals surface area contributed by atoms with Crippen molar-refractivity contribution >= 4 is 29.5 Å². The van der Waals surface area contributed by atoms with E-state index in [0.717, 1.165) is 29.7 Å². The van der Waals surface area contributed by atoms with E-state index in [1.54, 1.807) is 23.5 Å². The number of rotatable bonds is 4. The lowest BCUT2D eigenvalue weighted by atomic mass is 9.64. The van der Waals surface area contributed by atoms with Gasteiger partial charge < -0.3 is 5.11 Å². The number of carboxylic acids is 1. The van der Waals surface area contributed by atoms with Crippen molar-refractivity contribution in [3.05, 3.63) is 23.8 Å². The molecule has 1 aliphatic rings. The van der Waals surface area contributed by atoms with Crippen molar-refractivity contribution < 1.29 is 9.90 Å². The highest BCUT2D eigenvalue weighted by Crippen LogP contribution is 2.47. The average Bonchev–Trinajstić information content (AvgIpc) is 2.27. The lowest BCUT2D eigenvalue weighted by molar-refractivity contribution is -0.147. The van der Waals surface area contributed by atoms with Crippen LogP contribution < -0.4 is 0 Å². The molecule has 1 aromatic rings. The average molecular weight is 268 g/mol. The minimum absolute atomic E-state index is 0.616. The summed E-state index contributed by atoms with van der Waals surface area (Å²) < 4.78 is 0. The Labute approximate surface area is 110 Å². The summed E-state index contributed by atoms with van der Waals surface area (Å²) in [6, 6.07) is 6.14. The van der Waals surface area contributed by atoms with Gasteiger partial charge in [-0.3, -0.25) is 4.79 Å². The zero-order valence-electron chi connectivity index (χ0n) is 10.0. The highest BCUT2D eigenvalue weighted by Gasteiger charge is 2.47. The van der Waals surface area contributed by atoms with E-state index in [4.69, 9.17) is 0 Å². The molecule has 1 aliphatic carbocycles. The van der Waals surface area contributed by atoms with Gasteiger partial charge in [0, 0.05) is 9.79 Å². The molecule has 17 heavy (non-hydrogen) atoms. The highest BCUT2D eigenvalue weighted by molar-refractivity contribution is 7.99. The van der Waals surface area contributed by atoms with E-state index in [-0.39, 0.29) is 0 Å². The van der Waals surface area contributed by atoms with Crippen molar-refractivity contribution in [1.82, 2.24) is 0 Å². The number of hydrogen-bond acceptors (Lipinski definition) is 3. The maximum Gasteiger partial charge on any atom is 0.314 e. The zero-order chi connectivity index (χ0) is 12.5. The smallest absolute Gasteiger partial charge is 0.314 e. The van der Waals surface area contributed by atoms with Gasteiger partial charge in [-0.2, -0.15) is 0 Å². The molecule has 0 amide bonds. The molecular formula is C13H16O2S2. The fourth-order valence-corrected chi connectivity index (χ4v) is 3.57. The molecule has 2 rings (SSSR count). The van der Waals surface area contributed by atoms with E-state index in [2.05, 4.69) is 6.07 Å². The van der Waals surface area contributed by atoms with Crippen LogP contribution in [0.5, 0.6) is 0 Å². The Bertz CT molecular complexity index is 439. The van der Waals surface area contributed by atoms with Gasteiger partial charge in [-0.1, -0.05) is 12.5 Å². The van der Waals surface area contributed by atoms with E-state index < -0.39 is 11.4 Å². The second-order valence-electron chi connectivity index (χ2n) is 4.31.